The van der Waals surface area contributed by atoms with Gasteiger partial charge in [-0.05, 0) is 53.8 Å². The van der Waals surface area contributed by atoms with E-state index >= 15 is 0 Å². The molecule has 0 unspecified atom stereocenters. The van der Waals surface area contributed by atoms with Gasteiger partial charge in [-0.15, -0.1) is 5.10 Å². The molecule has 0 spiro atoms. The second-order valence-corrected chi connectivity index (χ2v) is 8.74. The van der Waals surface area contributed by atoms with Crippen molar-refractivity contribution >= 4 is 28.3 Å². The third-order valence-electron chi connectivity index (χ3n) is 4.98. The first kappa shape index (κ1) is 22.5. The van der Waals surface area contributed by atoms with Crippen molar-refractivity contribution in [3.63, 3.8) is 0 Å². The molecule has 0 aliphatic heterocycles. The van der Waals surface area contributed by atoms with E-state index in [9.17, 15) is 13.2 Å². The highest BCUT2D eigenvalue weighted by molar-refractivity contribution is 5.90. The number of alkyl halides is 3. The Hall–Kier alpha value is -3.69. The number of anilines is 3. The topological polar surface area (TPSA) is 88.8 Å². The van der Waals surface area contributed by atoms with Crippen LogP contribution in [0.5, 0.6) is 0 Å². The largest absolute Gasteiger partial charge is 0.405 e. The normalized spacial score (nSPS) is 12.2. The Balaban J connectivity index is 1.74. The van der Waals surface area contributed by atoms with Crippen LogP contribution >= 0.6 is 0 Å². The molecule has 0 bridgehead atoms. The van der Waals surface area contributed by atoms with Gasteiger partial charge in [0.25, 0.3) is 5.89 Å². The summed E-state index contributed by atoms with van der Waals surface area (Å²) in [4.78, 5) is 8.78. The molecule has 33 heavy (non-hydrogen) atoms. The highest BCUT2D eigenvalue weighted by Crippen LogP contribution is 2.35. The van der Waals surface area contributed by atoms with Crippen LogP contribution < -0.4 is 10.6 Å². The summed E-state index contributed by atoms with van der Waals surface area (Å²) in [6.45, 7) is 6.73. The van der Waals surface area contributed by atoms with Gasteiger partial charge in [-0.2, -0.15) is 13.2 Å². The highest BCUT2D eigenvalue weighted by Gasteiger charge is 2.27. The van der Waals surface area contributed by atoms with Crippen LogP contribution in [0.2, 0.25) is 0 Å². The second-order valence-electron chi connectivity index (χ2n) is 8.74. The molecule has 0 fully saturated rings. The maximum Gasteiger partial charge on any atom is 0.405 e. The molecule has 3 aromatic heterocycles. The molecular formula is C23H23F3N6O. The number of nitrogens with one attached hydrogen (secondary N) is 2. The predicted molar refractivity (Wildman–Crippen MR) is 121 cm³/mol. The van der Waals surface area contributed by atoms with Gasteiger partial charge in [0, 0.05) is 17.3 Å². The predicted octanol–water partition coefficient (Wildman–Crippen LogP) is 6.00. The first-order valence-electron chi connectivity index (χ1n) is 10.3. The summed E-state index contributed by atoms with van der Waals surface area (Å²) in [6, 6.07) is 8.97. The van der Waals surface area contributed by atoms with Gasteiger partial charge in [-0.3, -0.25) is 4.98 Å². The third kappa shape index (κ3) is 5.21. The third-order valence-corrected chi connectivity index (χ3v) is 4.98. The van der Waals surface area contributed by atoms with E-state index in [-0.39, 0.29) is 17.3 Å². The van der Waals surface area contributed by atoms with Crippen molar-refractivity contribution in [1.82, 2.24) is 20.2 Å². The van der Waals surface area contributed by atoms with Crippen molar-refractivity contribution < 1.29 is 17.6 Å². The van der Waals surface area contributed by atoms with Gasteiger partial charge in [0.1, 0.15) is 12.2 Å². The maximum atomic E-state index is 12.7. The van der Waals surface area contributed by atoms with Crippen molar-refractivity contribution in [2.75, 3.05) is 17.2 Å². The van der Waals surface area contributed by atoms with Gasteiger partial charge in [0.2, 0.25) is 0 Å². The van der Waals surface area contributed by atoms with Crippen LogP contribution in [0.1, 0.15) is 31.9 Å². The molecule has 0 amide bonds. The Kier molecular flexibility index (Phi) is 5.69. The zero-order valence-corrected chi connectivity index (χ0v) is 18.6. The lowest BCUT2D eigenvalue weighted by atomic mass is 9.84. The van der Waals surface area contributed by atoms with E-state index in [2.05, 4.69) is 25.8 Å². The maximum absolute atomic E-state index is 12.7. The van der Waals surface area contributed by atoms with Gasteiger partial charge in [-0.25, -0.2) is 4.98 Å². The first-order chi connectivity index (χ1) is 15.5. The minimum atomic E-state index is -4.31. The minimum absolute atomic E-state index is 0.195. The molecule has 0 aliphatic rings. The number of aryl methyl sites for hydroxylation is 1. The summed E-state index contributed by atoms with van der Waals surface area (Å²) in [7, 11) is 0. The lowest BCUT2D eigenvalue weighted by molar-refractivity contribution is -0.115. The number of hydrogen-bond donors (Lipinski definition) is 2. The summed E-state index contributed by atoms with van der Waals surface area (Å²) in [5.74, 6) is 0.227. The Bertz CT molecular complexity index is 1280. The number of fused-ring (bicyclic) bond motifs is 1. The lowest BCUT2D eigenvalue weighted by Crippen LogP contribution is -2.22. The highest BCUT2D eigenvalue weighted by atomic mass is 19.4. The smallest absolute Gasteiger partial charge is 0.401 e. The van der Waals surface area contributed by atoms with Crippen molar-refractivity contribution in [3.05, 3.63) is 53.9 Å². The van der Waals surface area contributed by atoms with Gasteiger partial charge >= 0.3 is 12.2 Å². The van der Waals surface area contributed by atoms with E-state index in [1.807, 2.05) is 33.8 Å². The Morgan fingerprint density at radius 3 is 2.48 bits per heavy atom. The zero-order chi connectivity index (χ0) is 23.8. The van der Waals surface area contributed by atoms with E-state index in [1.165, 1.54) is 0 Å². The summed E-state index contributed by atoms with van der Waals surface area (Å²) >= 11 is 0. The van der Waals surface area contributed by atoms with Crippen LogP contribution in [-0.2, 0) is 5.41 Å². The van der Waals surface area contributed by atoms with Crippen molar-refractivity contribution in [2.45, 2.75) is 39.3 Å². The molecule has 0 atom stereocenters. The van der Waals surface area contributed by atoms with E-state index in [4.69, 9.17) is 9.40 Å². The number of nitrogens with zero attached hydrogens (tertiary/aromatic N) is 4. The summed E-state index contributed by atoms with van der Waals surface area (Å²) in [6.07, 6.45) is -1.03. The summed E-state index contributed by atoms with van der Waals surface area (Å²) < 4.78 is 44.0. The molecule has 0 aliphatic carbocycles. The van der Waals surface area contributed by atoms with Crippen LogP contribution in [0.4, 0.5) is 30.6 Å². The van der Waals surface area contributed by atoms with Gasteiger partial charge in [0.05, 0.1) is 17.4 Å². The minimum Gasteiger partial charge on any atom is -0.401 e. The SMILES string of the molecule is Cc1cc(-c2nnc(Nc3cccnc3)o2)nc2c(C(C)(C)C)cc(NCC(F)(F)F)cc12. The van der Waals surface area contributed by atoms with Gasteiger partial charge in [0.15, 0.2) is 0 Å². The molecule has 0 radical (unpaired) electrons. The second kappa shape index (κ2) is 8.34. The van der Waals surface area contributed by atoms with E-state index in [1.54, 1.807) is 36.7 Å². The summed E-state index contributed by atoms with van der Waals surface area (Å²) in [5.41, 5.74) is 3.52. The monoisotopic (exact) mass is 456 g/mol. The molecule has 2 N–H and O–H groups in total. The first-order valence-corrected chi connectivity index (χ1v) is 10.3. The van der Waals surface area contributed by atoms with Crippen LogP contribution in [0.3, 0.4) is 0 Å². The lowest BCUT2D eigenvalue weighted by Gasteiger charge is -2.23. The van der Waals surface area contributed by atoms with E-state index in [0.29, 0.717) is 22.6 Å². The van der Waals surface area contributed by atoms with Gasteiger partial charge < -0.3 is 15.1 Å². The van der Waals surface area contributed by atoms with Crippen molar-refractivity contribution in [3.8, 4) is 11.6 Å². The van der Waals surface area contributed by atoms with E-state index in [0.717, 1.165) is 16.5 Å². The molecule has 3 heterocycles. The molecule has 7 nitrogen and oxygen atoms in total. The number of halogens is 3. The van der Waals surface area contributed by atoms with Crippen molar-refractivity contribution in [1.29, 1.82) is 0 Å². The van der Waals surface area contributed by atoms with E-state index < -0.39 is 12.7 Å². The van der Waals surface area contributed by atoms with Crippen LogP contribution in [0.25, 0.3) is 22.5 Å². The molecule has 10 heteroatoms. The average Bonchev–Trinajstić information content (AvgIpc) is 3.20. The number of hydrogen-bond acceptors (Lipinski definition) is 7. The van der Waals surface area contributed by atoms with Crippen LogP contribution in [0.15, 0.2) is 47.1 Å². The average molecular weight is 456 g/mol. The fraction of sp³-hybridized carbons (Fsp3) is 0.304. The standard InChI is InChI=1S/C23H23F3N6O/c1-13-8-18(20-31-32-21(33-20)29-14-6-5-7-27-11-14)30-19-16(13)9-15(28-12-23(24,25)26)10-17(19)22(2,3)4/h5-11,28H,12H2,1-4H3,(H,29,32). The number of aromatic nitrogens is 4. The van der Waals surface area contributed by atoms with Crippen LogP contribution in [0, 0.1) is 6.92 Å². The molecule has 4 rings (SSSR count). The zero-order valence-electron chi connectivity index (χ0n) is 18.6. The molecule has 1 aromatic carbocycles. The molecule has 0 saturated carbocycles. The summed E-state index contributed by atoms with van der Waals surface area (Å²) in [5, 5.41) is 14.3. The quantitative estimate of drug-likeness (QED) is 0.380. The number of rotatable bonds is 5. The number of benzene rings is 1. The Morgan fingerprint density at radius 1 is 1.03 bits per heavy atom. The van der Waals surface area contributed by atoms with Gasteiger partial charge in [-0.1, -0.05) is 25.9 Å². The molecular weight excluding hydrogens is 433 g/mol. The van der Waals surface area contributed by atoms with Crippen molar-refractivity contribution in [2.24, 2.45) is 0 Å². The fourth-order valence-electron chi connectivity index (χ4n) is 3.41. The molecule has 0 saturated heterocycles. The number of pyridine rings is 2. The fourth-order valence-corrected chi connectivity index (χ4v) is 3.41. The van der Waals surface area contributed by atoms with Crippen LogP contribution in [-0.4, -0.2) is 32.9 Å². The Morgan fingerprint density at radius 2 is 1.82 bits per heavy atom. The Labute approximate surface area is 188 Å². The molecule has 172 valence electrons. The molecule has 4 aromatic rings.